The number of rotatable bonds is 6. The summed E-state index contributed by atoms with van der Waals surface area (Å²) in [4.78, 5) is 16.0. The molecule has 0 saturated heterocycles. The van der Waals surface area contributed by atoms with Crippen molar-refractivity contribution < 1.29 is 9.53 Å². The third kappa shape index (κ3) is 4.03. The van der Waals surface area contributed by atoms with Crippen molar-refractivity contribution >= 4 is 11.6 Å². The standard InChI is InChI=1S/C12H19N3O2/c1-4-13-11-7-9(2)15-8-10(11)12(16)14-5-6-17-3/h7-8H,4-6H2,1-3H3,(H,13,15)(H,14,16). The number of hydrogen-bond acceptors (Lipinski definition) is 4. The molecule has 0 saturated carbocycles. The van der Waals surface area contributed by atoms with Gasteiger partial charge in [0.15, 0.2) is 0 Å². The lowest BCUT2D eigenvalue weighted by Gasteiger charge is -2.11. The van der Waals surface area contributed by atoms with Gasteiger partial charge in [-0.1, -0.05) is 0 Å². The van der Waals surface area contributed by atoms with Crippen LogP contribution in [-0.4, -0.2) is 37.7 Å². The quantitative estimate of drug-likeness (QED) is 0.730. The van der Waals surface area contributed by atoms with E-state index in [1.54, 1.807) is 13.3 Å². The van der Waals surface area contributed by atoms with Gasteiger partial charge in [-0.3, -0.25) is 9.78 Å². The fourth-order valence-corrected chi connectivity index (χ4v) is 1.44. The number of amides is 1. The van der Waals surface area contributed by atoms with Gasteiger partial charge in [0.1, 0.15) is 0 Å². The predicted octanol–water partition coefficient (Wildman–Crippen LogP) is 1.20. The summed E-state index contributed by atoms with van der Waals surface area (Å²) < 4.78 is 4.88. The Bertz CT molecular complexity index is 380. The molecule has 5 nitrogen and oxygen atoms in total. The summed E-state index contributed by atoms with van der Waals surface area (Å²) in [6.07, 6.45) is 1.59. The van der Waals surface area contributed by atoms with Gasteiger partial charge >= 0.3 is 0 Å². The molecule has 2 N–H and O–H groups in total. The molecule has 0 atom stereocenters. The van der Waals surface area contributed by atoms with Crippen molar-refractivity contribution in [3.05, 3.63) is 23.5 Å². The molecule has 5 heteroatoms. The number of carbonyl (C=O) groups excluding carboxylic acids is 1. The van der Waals surface area contributed by atoms with E-state index in [1.807, 2.05) is 19.9 Å². The minimum atomic E-state index is -0.134. The van der Waals surface area contributed by atoms with Crippen LogP contribution < -0.4 is 10.6 Å². The third-order valence-electron chi connectivity index (χ3n) is 2.24. The zero-order valence-corrected chi connectivity index (χ0v) is 10.5. The first kappa shape index (κ1) is 13.4. The number of ether oxygens (including phenoxy) is 1. The topological polar surface area (TPSA) is 63.2 Å². The van der Waals surface area contributed by atoms with Crippen LogP contribution in [-0.2, 0) is 4.74 Å². The summed E-state index contributed by atoms with van der Waals surface area (Å²) in [6, 6.07) is 1.87. The Morgan fingerprint density at radius 1 is 1.53 bits per heavy atom. The molecule has 1 heterocycles. The Labute approximate surface area is 102 Å². The van der Waals surface area contributed by atoms with Gasteiger partial charge in [0.25, 0.3) is 5.91 Å². The maximum Gasteiger partial charge on any atom is 0.255 e. The number of pyridine rings is 1. The van der Waals surface area contributed by atoms with Crippen LogP contribution in [0.15, 0.2) is 12.3 Å². The molecule has 0 spiro atoms. The molecule has 1 aromatic rings. The van der Waals surface area contributed by atoms with Gasteiger partial charge in [-0.15, -0.1) is 0 Å². The third-order valence-corrected chi connectivity index (χ3v) is 2.24. The van der Waals surface area contributed by atoms with Crippen LogP contribution in [0.25, 0.3) is 0 Å². The van der Waals surface area contributed by atoms with Gasteiger partial charge in [-0.25, -0.2) is 0 Å². The predicted molar refractivity (Wildman–Crippen MR) is 67.3 cm³/mol. The maximum atomic E-state index is 11.9. The molecule has 0 aliphatic rings. The Morgan fingerprint density at radius 3 is 2.94 bits per heavy atom. The molecule has 1 rings (SSSR count). The van der Waals surface area contributed by atoms with Gasteiger partial charge in [-0.2, -0.15) is 0 Å². The van der Waals surface area contributed by atoms with Crippen molar-refractivity contribution in [2.24, 2.45) is 0 Å². The van der Waals surface area contributed by atoms with Crippen molar-refractivity contribution in [3.63, 3.8) is 0 Å². The van der Waals surface area contributed by atoms with Gasteiger partial charge in [0.05, 0.1) is 17.9 Å². The minimum Gasteiger partial charge on any atom is -0.385 e. The van der Waals surface area contributed by atoms with E-state index in [0.717, 1.165) is 17.9 Å². The highest BCUT2D eigenvalue weighted by Crippen LogP contribution is 2.15. The molecule has 0 fully saturated rings. The number of methoxy groups -OCH3 is 1. The van der Waals surface area contributed by atoms with Crippen LogP contribution in [0.2, 0.25) is 0 Å². The Kier molecular flexibility index (Phi) is 5.42. The van der Waals surface area contributed by atoms with E-state index >= 15 is 0 Å². The van der Waals surface area contributed by atoms with Crippen LogP contribution in [0.3, 0.4) is 0 Å². The van der Waals surface area contributed by atoms with E-state index in [1.165, 1.54) is 0 Å². The second kappa shape index (κ2) is 6.85. The zero-order valence-electron chi connectivity index (χ0n) is 10.5. The highest BCUT2D eigenvalue weighted by molar-refractivity contribution is 5.99. The number of anilines is 1. The molecule has 17 heavy (non-hydrogen) atoms. The van der Waals surface area contributed by atoms with E-state index in [9.17, 15) is 4.79 Å². The van der Waals surface area contributed by atoms with Crippen molar-refractivity contribution in [1.82, 2.24) is 10.3 Å². The fraction of sp³-hybridized carbons (Fsp3) is 0.500. The average Bonchev–Trinajstić information content (AvgIpc) is 2.30. The van der Waals surface area contributed by atoms with Gasteiger partial charge in [0, 0.05) is 32.1 Å². The lowest BCUT2D eigenvalue weighted by atomic mass is 10.2. The number of aromatic nitrogens is 1. The minimum absolute atomic E-state index is 0.134. The lowest BCUT2D eigenvalue weighted by Crippen LogP contribution is -2.28. The first-order valence-electron chi connectivity index (χ1n) is 5.66. The van der Waals surface area contributed by atoms with Crippen LogP contribution in [0, 0.1) is 6.92 Å². The van der Waals surface area contributed by atoms with Crippen molar-refractivity contribution in [2.45, 2.75) is 13.8 Å². The van der Waals surface area contributed by atoms with Crippen LogP contribution >= 0.6 is 0 Å². The molecule has 1 amide bonds. The fourth-order valence-electron chi connectivity index (χ4n) is 1.44. The Morgan fingerprint density at radius 2 is 2.29 bits per heavy atom. The molecule has 0 aliphatic carbocycles. The maximum absolute atomic E-state index is 11.9. The number of aryl methyl sites for hydroxylation is 1. The van der Waals surface area contributed by atoms with E-state index in [4.69, 9.17) is 4.74 Å². The molecule has 1 aromatic heterocycles. The monoisotopic (exact) mass is 237 g/mol. The van der Waals surface area contributed by atoms with Crippen LogP contribution in [0.4, 0.5) is 5.69 Å². The molecule has 0 bridgehead atoms. The summed E-state index contributed by atoms with van der Waals surface area (Å²) in [7, 11) is 1.60. The van der Waals surface area contributed by atoms with Crippen molar-refractivity contribution in [1.29, 1.82) is 0 Å². The van der Waals surface area contributed by atoms with E-state index in [0.29, 0.717) is 18.7 Å². The number of nitrogens with zero attached hydrogens (tertiary/aromatic N) is 1. The Balaban J connectivity index is 2.77. The van der Waals surface area contributed by atoms with Crippen molar-refractivity contribution in [2.75, 3.05) is 32.1 Å². The smallest absolute Gasteiger partial charge is 0.255 e. The Hall–Kier alpha value is -1.62. The van der Waals surface area contributed by atoms with Gasteiger partial charge < -0.3 is 15.4 Å². The first-order valence-corrected chi connectivity index (χ1v) is 5.66. The second-order valence-electron chi connectivity index (χ2n) is 3.65. The highest BCUT2D eigenvalue weighted by atomic mass is 16.5. The van der Waals surface area contributed by atoms with E-state index in [2.05, 4.69) is 15.6 Å². The summed E-state index contributed by atoms with van der Waals surface area (Å²) >= 11 is 0. The van der Waals surface area contributed by atoms with E-state index in [-0.39, 0.29) is 5.91 Å². The number of hydrogen-bond donors (Lipinski definition) is 2. The van der Waals surface area contributed by atoms with Gasteiger partial charge in [-0.05, 0) is 19.9 Å². The number of carbonyl (C=O) groups is 1. The molecule has 0 aromatic carbocycles. The van der Waals surface area contributed by atoms with Crippen LogP contribution in [0.5, 0.6) is 0 Å². The van der Waals surface area contributed by atoms with E-state index < -0.39 is 0 Å². The largest absolute Gasteiger partial charge is 0.385 e. The average molecular weight is 237 g/mol. The molecule has 0 aliphatic heterocycles. The summed E-state index contributed by atoms with van der Waals surface area (Å²) in [6.45, 7) is 5.65. The van der Waals surface area contributed by atoms with Crippen LogP contribution in [0.1, 0.15) is 23.0 Å². The molecule has 0 radical (unpaired) electrons. The lowest BCUT2D eigenvalue weighted by molar-refractivity contribution is 0.0937. The summed E-state index contributed by atoms with van der Waals surface area (Å²) in [5, 5.41) is 5.93. The summed E-state index contributed by atoms with van der Waals surface area (Å²) in [5.74, 6) is -0.134. The second-order valence-corrected chi connectivity index (χ2v) is 3.65. The van der Waals surface area contributed by atoms with Crippen molar-refractivity contribution in [3.8, 4) is 0 Å². The molecule has 94 valence electrons. The normalized spacial score (nSPS) is 10.1. The summed E-state index contributed by atoms with van der Waals surface area (Å²) in [5.41, 5.74) is 2.26. The molecule has 0 unspecified atom stereocenters. The zero-order chi connectivity index (χ0) is 12.7. The highest BCUT2D eigenvalue weighted by Gasteiger charge is 2.11. The SMILES string of the molecule is CCNc1cc(C)ncc1C(=O)NCCOC. The number of nitrogens with one attached hydrogen (secondary N) is 2. The molecular weight excluding hydrogens is 218 g/mol. The molecular formula is C12H19N3O2. The first-order chi connectivity index (χ1) is 8.19. The van der Waals surface area contributed by atoms with Gasteiger partial charge in [0.2, 0.25) is 0 Å².